The molecular weight excluding hydrogens is 162 g/mol. The van der Waals surface area contributed by atoms with E-state index in [9.17, 15) is 0 Å². The normalized spacial score (nSPS) is 15.3. The zero-order valence-electron chi connectivity index (χ0n) is 7.33. The predicted octanol–water partition coefficient (Wildman–Crippen LogP) is 1.21. The Kier molecular flexibility index (Phi) is 2.24. The van der Waals surface area contributed by atoms with Gasteiger partial charge >= 0.3 is 0 Å². The highest BCUT2D eigenvalue weighted by molar-refractivity contribution is 5.23. The van der Waals surface area contributed by atoms with Gasteiger partial charge in [0.05, 0.1) is 0 Å². The van der Waals surface area contributed by atoms with Crippen molar-refractivity contribution in [2.24, 2.45) is 0 Å². The summed E-state index contributed by atoms with van der Waals surface area (Å²) in [5.41, 5.74) is 1.63. The van der Waals surface area contributed by atoms with E-state index in [1.54, 1.807) is 12.3 Å². The standard InChI is InChI=1S/C10H11N3/c11-5-10-2-1-8(7-13-10)6-12-9-3-4-9/h1-2,7,9,12H,3-4,6H2. The minimum absolute atomic E-state index is 0.482. The number of hydrogen-bond acceptors (Lipinski definition) is 3. The van der Waals surface area contributed by atoms with Gasteiger partial charge in [-0.2, -0.15) is 5.26 Å². The molecule has 1 aromatic heterocycles. The molecule has 0 aromatic carbocycles. The molecule has 1 N–H and O–H groups in total. The molecule has 0 atom stereocenters. The van der Waals surface area contributed by atoms with Crippen molar-refractivity contribution in [1.29, 1.82) is 5.26 Å². The summed E-state index contributed by atoms with van der Waals surface area (Å²) in [6.45, 7) is 0.864. The van der Waals surface area contributed by atoms with E-state index in [4.69, 9.17) is 5.26 Å². The third-order valence-corrected chi connectivity index (χ3v) is 2.11. The van der Waals surface area contributed by atoms with E-state index in [1.165, 1.54) is 12.8 Å². The van der Waals surface area contributed by atoms with Crippen LogP contribution in [0.1, 0.15) is 24.1 Å². The molecule has 1 aliphatic rings. The fraction of sp³-hybridized carbons (Fsp3) is 0.400. The molecule has 13 heavy (non-hydrogen) atoms. The first-order valence-electron chi connectivity index (χ1n) is 4.47. The van der Waals surface area contributed by atoms with Gasteiger partial charge in [-0.05, 0) is 24.5 Å². The summed E-state index contributed by atoms with van der Waals surface area (Å²) in [5.74, 6) is 0. The lowest BCUT2D eigenvalue weighted by Gasteiger charge is -2.01. The van der Waals surface area contributed by atoms with Crippen molar-refractivity contribution in [2.45, 2.75) is 25.4 Å². The van der Waals surface area contributed by atoms with Gasteiger partial charge < -0.3 is 5.32 Å². The van der Waals surface area contributed by atoms with Crippen LogP contribution >= 0.6 is 0 Å². The van der Waals surface area contributed by atoms with Gasteiger partial charge in [-0.3, -0.25) is 0 Å². The molecule has 3 heteroatoms. The SMILES string of the molecule is N#Cc1ccc(CNC2CC2)cn1. The molecule has 0 saturated heterocycles. The molecule has 1 saturated carbocycles. The van der Waals surface area contributed by atoms with Gasteiger partial charge in [-0.25, -0.2) is 4.98 Å². The van der Waals surface area contributed by atoms with Crippen LogP contribution in [0.5, 0.6) is 0 Å². The van der Waals surface area contributed by atoms with Crippen LogP contribution in [-0.4, -0.2) is 11.0 Å². The van der Waals surface area contributed by atoms with Gasteiger partial charge in [-0.15, -0.1) is 0 Å². The molecule has 1 fully saturated rings. The van der Waals surface area contributed by atoms with Crippen molar-refractivity contribution in [2.75, 3.05) is 0 Å². The number of pyridine rings is 1. The van der Waals surface area contributed by atoms with Gasteiger partial charge in [0, 0.05) is 18.8 Å². The number of nitriles is 1. The molecule has 0 amide bonds. The molecule has 0 aliphatic heterocycles. The Hall–Kier alpha value is -1.40. The monoisotopic (exact) mass is 173 g/mol. The Morgan fingerprint density at radius 2 is 2.38 bits per heavy atom. The van der Waals surface area contributed by atoms with Crippen LogP contribution in [-0.2, 0) is 6.54 Å². The quantitative estimate of drug-likeness (QED) is 0.747. The highest BCUT2D eigenvalue weighted by atomic mass is 14.9. The van der Waals surface area contributed by atoms with Crippen LogP contribution in [0.4, 0.5) is 0 Å². The summed E-state index contributed by atoms with van der Waals surface area (Å²) in [7, 11) is 0. The number of aromatic nitrogens is 1. The molecule has 0 spiro atoms. The van der Waals surface area contributed by atoms with Crippen molar-refractivity contribution in [3.05, 3.63) is 29.6 Å². The van der Waals surface area contributed by atoms with Crippen molar-refractivity contribution in [1.82, 2.24) is 10.3 Å². The summed E-state index contributed by atoms with van der Waals surface area (Å²) in [5, 5.41) is 11.9. The van der Waals surface area contributed by atoms with E-state index >= 15 is 0 Å². The zero-order chi connectivity index (χ0) is 9.10. The molecule has 0 unspecified atom stereocenters. The van der Waals surface area contributed by atoms with Crippen molar-refractivity contribution in [3.8, 4) is 6.07 Å². The average molecular weight is 173 g/mol. The molecule has 2 rings (SSSR count). The largest absolute Gasteiger partial charge is 0.310 e. The van der Waals surface area contributed by atoms with Crippen LogP contribution in [0.3, 0.4) is 0 Å². The lowest BCUT2D eigenvalue weighted by Crippen LogP contribution is -2.15. The maximum absolute atomic E-state index is 8.53. The van der Waals surface area contributed by atoms with Crippen LogP contribution in [0, 0.1) is 11.3 Å². The first-order chi connectivity index (χ1) is 6.38. The molecule has 0 bridgehead atoms. The van der Waals surface area contributed by atoms with Crippen LogP contribution in [0.2, 0.25) is 0 Å². The Morgan fingerprint density at radius 3 is 2.92 bits per heavy atom. The summed E-state index contributed by atoms with van der Waals surface area (Å²) >= 11 is 0. The Morgan fingerprint density at radius 1 is 1.54 bits per heavy atom. The maximum Gasteiger partial charge on any atom is 0.140 e. The Labute approximate surface area is 77.4 Å². The first kappa shape index (κ1) is 8.21. The van der Waals surface area contributed by atoms with E-state index in [0.29, 0.717) is 5.69 Å². The van der Waals surface area contributed by atoms with E-state index in [-0.39, 0.29) is 0 Å². The summed E-state index contributed by atoms with van der Waals surface area (Å²) in [6, 6.07) is 6.42. The number of nitrogens with one attached hydrogen (secondary N) is 1. The predicted molar refractivity (Wildman–Crippen MR) is 48.8 cm³/mol. The second kappa shape index (κ2) is 3.55. The van der Waals surface area contributed by atoms with Crippen LogP contribution in [0.25, 0.3) is 0 Å². The third kappa shape index (κ3) is 2.27. The third-order valence-electron chi connectivity index (χ3n) is 2.11. The first-order valence-corrected chi connectivity index (χ1v) is 4.47. The van der Waals surface area contributed by atoms with Gasteiger partial charge in [0.25, 0.3) is 0 Å². The number of rotatable bonds is 3. The van der Waals surface area contributed by atoms with Crippen molar-refractivity contribution >= 4 is 0 Å². The van der Waals surface area contributed by atoms with E-state index in [0.717, 1.165) is 18.2 Å². The van der Waals surface area contributed by atoms with E-state index in [2.05, 4.69) is 10.3 Å². The van der Waals surface area contributed by atoms with Crippen molar-refractivity contribution in [3.63, 3.8) is 0 Å². The molecule has 0 radical (unpaired) electrons. The summed E-state index contributed by atoms with van der Waals surface area (Å²) in [4.78, 5) is 3.99. The molecular formula is C10H11N3. The highest BCUT2D eigenvalue weighted by Gasteiger charge is 2.19. The maximum atomic E-state index is 8.53. The van der Waals surface area contributed by atoms with Crippen LogP contribution in [0.15, 0.2) is 18.3 Å². The topological polar surface area (TPSA) is 48.7 Å². The fourth-order valence-corrected chi connectivity index (χ4v) is 1.14. The molecule has 3 nitrogen and oxygen atoms in total. The number of hydrogen-bond donors (Lipinski definition) is 1. The second-order valence-electron chi connectivity index (χ2n) is 3.32. The molecule has 1 aliphatic carbocycles. The minimum atomic E-state index is 0.482. The minimum Gasteiger partial charge on any atom is -0.310 e. The average Bonchev–Trinajstić information content (AvgIpc) is 2.99. The lowest BCUT2D eigenvalue weighted by molar-refractivity contribution is 0.686. The summed E-state index contributed by atoms with van der Waals surface area (Å²) < 4.78 is 0. The van der Waals surface area contributed by atoms with Crippen LogP contribution < -0.4 is 5.32 Å². The lowest BCUT2D eigenvalue weighted by atomic mass is 10.2. The summed E-state index contributed by atoms with van der Waals surface area (Å²) in [6.07, 6.45) is 4.35. The Balaban J connectivity index is 1.93. The van der Waals surface area contributed by atoms with Gasteiger partial charge in [0.2, 0.25) is 0 Å². The Bertz CT molecular complexity index is 319. The second-order valence-corrected chi connectivity index (χ2v) is 3.32. The zero-order valence-corrected chi connectivity index (χ0v) is 7.33. The number of nitrogens with zero attached hydrogens (tertiary/aromatic N) is 2. The van der Waals surface area contributed by atoms with E-state index in [1.807, 2.05) is 12.1 Å². The van der Waals surface area contributed by atoms with E-state index < -0.39 is 0 Å². The fourth-order valence-electron chi connectivity index (χ4n) is 1.14. The molecule has 1 aromatic rings. The van der Waals surface area contributed by atoms with Gasteiger partial charge in [-0.1, -0.05) is 6.07 Å². The van der Waals surface area contributed by atoms with Crippen molar-refractivity contribution < 1.29 is 0 Å². The molecule has 66 valence electrons. The van der Waals surface area contributed by atoms with Gasteiger partial charge in [0.15, 0.2) is 0 Å². The van der Waals surface area contributed by atoms with Gasteiger partial charge in [0.1, 0.15) is 11.8 Å². The smallest absolute Gasteiger partial charge is 0.140 e. The molecule has 1 heterocycles. The highest BCUT2D eigenvalue weighted by Crippen LogP contribution is 2.19.